The first-order valence-electron chi connectivity index (χ1n) is 8.78. The Morgan fingerprint density at radius 3 is 2.77 bits per heavy atom. The minimum Gasteiger partial charge on any atom is -0.469 e. The van der Waals surface area contributed by atoms with Gasteiger partial charge in [-0.05, 0) is 50.5 Å². The van der Waals surface area contributed by atoms with E-state index in [0.717, 1.165) is 30.3 Å². The number of nitrogens with zero attached hydrogens (tertiary/aromatic N) is 2. The molecule has 0 aromatic carbocycles. The SMILES string of the molecule is Cc1occc1C(=O)N1C[C@H]2CC[C@@H](C1)N(CC1CCC1)C2. The molecule has 0 radical (unpaired) electrons. The highest BCUT2D eigenvalue weighted by Crippen LogP contribution is 2.33. The number of furan rings is 1. The van der Waals surface area contributed by atoms with E-state index in [1.54, 1.807) is 6.26 Å². The molecule has 1 amide bonds. The van der Waals surface area contributed by atoms with E-state index in [1.165, 1.54) is 45.2 Å². The summed E-state index contributed by atoms with van der Waals surface area (Å²) in [5, 5.41) is 0. The van der Waals surface area contributed by atoms with Crippen molar-refractivity contribution in [2.24, 2.45) is 11.8 Å². The van der Waals surface area contributed by atoms with Gasteiger partial charge in [-0.15, -0.1) is 0 Å². The van der Waals surface area contributed by atoms with Crippen LogP contribution in [0.2, 0.25) is 0 Å². The Hall–Kier alpha value is -1.29. The van der Waals surface area contributed by atoms with Gasteiger partial charge >= 0.3 is 0 Å². The van der Waals surface area contributed by atoms with Crippen LogP contribution in [0.25, 0.3) is 0 Å². The largest absolute Gasteiger partial charge is 0.469 e. The van der Waals surface area contributed by atoms with Crippen LogP contribution in [0.5, 0.6) is 0 Å². The Morgan fingerprint density at radius 2 is 2.09 bits per heavy atom. The molecule has 120 valence electrons. The molecule has 4 heteroatoms. The smallest absolute Gasteiger partial charge is 0.257 e. The summed E-state index contributed by atoms with van der Waals surface area (Å²) in [4.78, 5) is 17.6. The zero-order valence-corrected chi connectivity index (χ0v) is 13.5. The van der Waals surface area contributed by atoms with Crippen molar-refractivity contribution >= 4 is 5.91 Å². The average molecular weight is 302 g/mol. The van der Waals surface area contributed by atoms with Gasteiger partial charge in [0.15, 0.2) is 0 Å². The van der Waals surface area contributed by atoms with Crippen LogP contribution >= 0.6 is 0 Å². The van der Waals surface area contributed by atoms with E-state index >= 15 is 0 Å². The second kappa shape index (κ2) is 5.73. The zero-order valence-electron chi connectivity index (χ0n) is 13.5. The minimum absolute atomic E-state index is 0.161. The minimum atomic E-state index is 0.161. The van der Waals surface area contributed by atoms with Gasteiger partial charge in [-0.1, -0.05) is 6.42 Å². The monoisotopic (exact) mass is 302 g/mol. The van der Waals surface area contributed by atoms with Gasteiger partial charge < -0.3 is 9.32 Å². The molecule has 0 unspecified atom stereocenters. The number of piperidine rings is 1. The molecule has 2 atom stereocenters. The van der Waals surface area contributed by atoms with Gasteiger partial charge in [0.05, 0.1) is 11.8 Å². The highest BCUT2D eigenvalue weighted by Gasteiger charge is 2.38. The van der Waals surface area contributed by atoms with E-state index in [2.05, 4.69) is 9.80 Å². The van der Waals surface area contributed by atoms with Gasteiger partial charge in [-0.25, -0.2) is 0 Å². The summed E-state index contributed by atoms with van der Waals surface area (Å²) >= 11 is 0. The van der Waals surface area contributed by atoms with Crippen LogP contribution < -0.4 is 0 Å². The maximum Gasteiger partial charge on any atom is 0.257 e. The second-order valence-corrected chi connectivity index (χ2v) is 7.45. The molecule has 4 heterocycles. The van der Waals surface area contributed by atoms with Crippen molar-refractivity contribution in [3.05, 3.63) is 23.7 Å². The number of hydrogen-bond donors (Lipinski definition) is 0. The van der Waals surface area contributed by atoms with Gasteiger partial charge in [0.2, 0.25) is 0 Å². The van der Waals surface area contributed by atoms with Crippen molar-refractivity contribution in [3.63, 3.8) is 0 Å². The lowest BCUT2D eigenvalue weighted by molar-refractivity contribution is 0.0715. The molecule has 5 rings (SSSR count). The molecule has 3 saturated heterocycles. The van der Waals surface area contributed by atoms with Crippen LogP contribution in [-0.2, 0) is 0 Å². The van der Waals surface area contributed by atoms with Crippen LogP contribution in [0.3, 0.4) is 0 Å². The number of rotatable bonds is 3. The predicted molar refractivity (Wildman–Crippen MR) is 84.8 cm³/mol. The van der Waals surface area contributed by atoms with E-state index in [1.807, 2.05) is 13.0 Å². The van der Waals surface area contributed by atoms with Gasteiger partial charge in [-0.3, -0.25) is 9.69 Å². The third kappa shape index (κ3) is 2.58. The predicted octanol–water partition coefficient (Wildman–Crippen LogP) is 2.92. The molecular formula is C18H26N2O2. The molecule has 22 heavy (non-hydrogen) atoms. The van der Waals surface area contributed by atoms with Crippen LogP contribution in [0.1, 0.15) is 48.2 Å². The second-order valence-electron chi connectivity index (χ2n) is 7.45. The number of carbonyl (C=O) groups excluding carboxylic acids is 1. The summed E-state index contributed by atoms with van der Waals surface area (Å²) in [5.74, 6) is 2.47. The van der Waals surface area contributed by atoms with Gasteiger partial charge in [0.25, 0.3) is 5.91 Å². The number of hydrogen-bond acceptors (Lipinski definition) is 3. The summed E-state index contributed by atoms with van der Waals surface area (Å²) in [6.45, 7) is 6.14. The Morgan fingerprint density at radius 1 is 1.23 bits per heavy atom. The summed E-state index contributed by atoms with van der Waals surface area (Å²) in [5.41, 5.74) is 0.742. The molecule has 1 aromatic heterocycles. The molecule has 4 fully saturated rings. The number of aryl methyl sites for hydroxylation is 1. The van der Waals surface area contributed by atoms with Crippen molar-refractivity contribution in [2.75, 3.05) is 26.2 Å². The fraction of sp³-hybridized carbons (Fsp3) is 0.722. The van der Waals surface area contributed by atoms with E-state index < -0.39 is 0 Å². The Balaban J connectivity index is 1.48. The molecule has 1 saturated carbocycles. The Kier molecular flexibility index (Phi) is 3.73. The van der Waals surface area contributed by atoms with Crippen LogP contribution in [0.15, 0.2) is 16.7 Å². The maximum atomic E-state index is 12.8. The molecule has 4 nitrogen and oxygen atoms in total. The summed E-state index contributed by atoms with van der Waals surface area (Å²) < 4.78 is 5.31. The number of carbonyl (C=O) groups is 1. The highest BCUT2D eigenvalue weighted by molar-refractivity contribution is 5.95. The van der Waals surface area contributed by atoms with Crippen LogP contribution in [-0.4, -0.2) is 47.9 Å². The fourth-order valence-electron chi connectivity index (χ4n) is 4.35. The van der Waals surface area contributed by atoms with E-state index in [-0.39, 0.29) is 5.91 Å². The van der Waals surface area contributed by atoms with Gasteiger partial charge in [0.1, 0.15) is 5.76 Å². The Labute approximate surface area is 132 Å². The first-order chi connectivity index (χ1) is 10.7. The van der Waals surface area contributed by atoms with E-state index in [4.69, 9.17) is 4.42 Å². The fourth-order valence-corrected chi connectivity index (χ4v) is 4.35. The van der Waals surface area contributed by atoms with E-state index in [9.17, 15) is 4.79 Å². The molecular weight excluding hydrogens is 276 g/mol. The van der Waals surface area contributed by atoms with Gasteiger partial charge in [-0.2, -0.15) is 0 Å². The molecule has 4 aliphatic rings. The molecule has 1 aliphatic carbocycles. The maximum absolute atomic E-state index is 12.8. The first-order valence-corrected chi connectivity index (χ1v) is 8.78. The average Bonchev–Trinajstić information content (AvgIpc) is 2.71. The number of fused-ring (bicyclic) bond motifs is 4. The van der Waals surface area contributed by atoms with Crippen LogP contribution in [0.4, 0.5) is 0 Å². The standard InChI is InChI=1S/C18H26N2O2/c1-13-17(7-8-22-13)18(21)20-11-15-5-6-16(12-20)19(10-15)9-14-3-2-4-14/h7-8,14-16H,2-6,9-12H2,1H3/t15-,16-/m0/s1. The highest BCUT2D eigenvalue weighted by atomic mass is 16.3. The first kappa shape index (κ1) is 14.3. The Bertz CT molecular complexity index is 549. The quantitative estimate of drug-likeness (QED) is 0.861. The lowest BCUT2D eigenvalue weighted by Gasteiger charge is -2.40. The van der Waals surface area contributed by atoms with Crippen molar-refractivity contribution in [1.29, 1.82) is 0 Å². The van der Waals surface area contributed by atoms with E-state index in [0.29, 0.717) is 12.0 Å². The summed E-state index contributed by atoms with van der Waals surface area (Å²) in [6, 6.07) is 2.38. The molecule has 3 aliphatic heterocycles. The molecule has 1 aromatic rings. The third-order valence-corrected chi connectivity index (χ3v) is 5.92. The normalized spacial score (nSPS) is 29.4. The summed E-state index contributed by atoms with van der Waals surface area (Å²) in [7, 11) is 0. The molecule has 0 spiro atoms. The lowest BCUT2D eigenvalue weighted by Crippen LogP contribution is -2.47. The van der Waals surface area contributed by atoms with Crippen molar-refractivity contribution in [3.8, 4) is 0 Å². The molecule has 2 bridgehead atoms. The third-order valence-electron chi connectivity index (χ3n) is 5.92. The zero-order chi connectivity index (χ0) is 15.1. The molecule has 0 N–H and O–H groups in total. The lowest BCUT2D eigenvalue weighted by atomic mass is 9.83. The van der Waals surface area contributed by atoms with Crippen molar-refractivity contribution < 1.29 is 9.21 Å². The summed E-state index contributed by atoms with van der Waals surface area (Å²) in [6.07, 6.45) is 8.38. The van der Waals surface area contributed by atoms with Crippen molar-refractivity contribution in [2.45, 2.75) is 45.1 Å². The van der Waals surface area contributed by atoms with Crippen molar-refractivity contribution in [1.82, 2.24) is 9.80 Å². The van der Waals surface area contributed by atoms with Gasteiger partial charge in [0, 0.05) is 32.2 Å². The topological polar surface area (TPSA) is 36.7 Å². The number of amides is 1. The van der Waals surface area contributed by atoms with Crippen LogP contribution in [0, 0.1) is 18.8 Å².